The number of likely N-dealkylation sites (tertiary alicyclic amines) is 1. The molecule has 1 aliphatic rings. The Morgan fingerprint density at radius 1 is 1.47 bits per heavy atom. The first-order chi connectivity index (χ1) is 8.11. The molecule has 0 aromatic carbocycles. The summed E-state index contributed by atoms with van der Waals surface area (Å²) in [6.45, 7) is 2.20. The molecule has 2 rings (SSSR count). The van der Waals surface area contributed by atoms with Crippen molar-refractivity contribution in [1.82, 2.24) is 4.90 Å². The molecule has 1 aromatic rings. The Bertz CT molecular complexity index is 437. The summed E-state index contributed by atoms with van der Waals surface area (Å²) in [6.07, 6.45) is 3.68. The van der Waals surface area contributed by atoms with E-state index in [1.165, 1.54) is 11.2 Å². The molecule has 17 heavy (non-hydrogen) atoms. The predicted molar refractivity (Wildman–Crippen MR) is 59.8 cm³/mol. The first-order valence-electron chi connectivity index (χ1n) is 5.69. The summed E-state index contributed by atoms with van der Waals surface area (Å²) in [4.78, 5) is 24.7. The lowest BCUT2D eigenvalue weighted by atomic mass is 10.0. The molecule has 2 heterocycles. The van der Waals surface area contributed by atoms with Crippen LogP contribution in [0.3, 0.4) is 0 Å². The fourth-order valence-electron chi connectivity index (χ4n) is 2.19. The second kappa shape index (κ2) is 4.61. The molecule has 1 fully saturated rings. The van der Waals surface area contributed by atoms with Crippen molar-refractivity contribution in [1.29, 1.82) is 0 Å². The van der Waals surface area contributed by atoms with Gasteiger partial charge in [0.2, 0.25) is 0 Å². The number of nitrogens with zero attached hydrogens (tertiary/aromatic N) is 1. The fraction of sp³-hybridized carbons (Fsp3) is 0.500. The molecule has 1 saturated heterocycles. The summed E-state index contributed by atoms with van der Waals surface area (Å²) in [6, 6.07) is 0.885. The minimum atomic E-state index is -0.931. The Morgan fingerprint density at radius 2 is 2.24 bits per heavy atom. The number of carboxylic acid groups (broad SMARTS) is 1. The van der Waals surface area contributed by atoms with Crippen LogP contribution in [-0.4, -0.2) is 34.5 Å². The number of hydrogen-bond acceptors (Lipinski definition) is 3. The number of carbonyl (C=O) groups is 2. The average molecular weight is 237 g/mol. The third-order valence-electron chi connectivity index (χ3n) is 3.14. The van der Waals surface area contributed by atoms with Gasteiger partial charge in [0.1, 0.15) is 11.8 Å². The van der Waals surface area contributed by atoms with Gasteiger partial charge in [-0.05, 0) is 32.3 Å². The van der Waals surface area contributed by atoms with Gasteiger partial charge >= 0.3 is 5.97 Å². The van der Waals surface area contributed by atoms with Gasteiger partial charge in [-0.25, -0.2) is 4.79 Å². The molecule has 1 N–H and O–H groups in total. The summed E-state index contributed by atoms with van der Waals surface area (Å²) in [5.41, 5.74) is 0.457. The molecule has 0 spiro atoms. The number of rotatable bonds is 2. The van der Waals surface area contributed by atoms with Crippen LogP contribution in [0.15, 0.2) is 16.7 Å². The van der Waals surface area contributed by atoms with Crippen LogP contribution in [-0.2, 0) is 4.79 Å². The number of furan rings is 1. The third-order valence-corrected chi connectivity index (χ3v) is 3.14. The number of aliphatic carboxylic acids is 1. The minimum absolute atomic E-state index is 0.247. The highest BCUT2D eigenvalue weighted by Gasteiger charge is 2.33. The molecule has 5 nitrogen and oxygen atoms in total. The van der Waals surface area contributed by atoms with Crippen molar-refractivity contribution in [2.24, 2.45) is 0 Å². The number of carboxylic acids is 1. The molecular formula is C12H15NO4. The van der Waals surface area contributed by atoms with Crippen LogP contribution in [0.1, 0.15) is 35.4 Å². The van der Waals surface area contributed by atoms with Crippen LogP contribution >= 0.6 is 0 Å². The van der Waals surface area contributed by atoms with E-state index in [4.69, 9.17) is 9.52 Å². The van der Waals surface area contributed by atoms with E-state index in [9.17, 15) is 9.59 Å². The van der Waals surface area contributed by atoms with Crippen LogP contribution in [0.4, 0.5) is 0 Å². The number of aryl methyl sites for hydroxylation is 1. The highest BCUT2D eigenvalue weighted by Crippen LogP contribution is 2.21. The van der Waals surface area contributed by atoms with Gasteiger partial charge in [-0.15, -0.1) is 0 Å². The molecule has 92 valence electrons. The highest BCUT2D eigenvalue weighted by atomic mass is 16.4. The number of hydrogen-bond donors (Lipinski definition) is 1. The van der Waals surface area contributed by atoms with Gasteiger partial charge in [0.05, 0.1) is 11.8 Å². The van der Waals surface area contributed by atoms with Gasteiger partial charge < -0.3 is 14.4 Å². The van der Waals surface area contributed by atoms with E-state index in [0.29, 0.717) is 24.3 Å². The normalized spacial score (nSPS) is 20.3. The van der Waals surface area contributed by atoms with E-state index < -0.39 is 12.0 Å². The molecule has 1 unspecified atom stereocenters. The van der Waals surface area contributed by atoms with E-state index in [-0.39, 0.29) is 5.91 Å². The first kappa shape index (κ1) is 11.7. The molecule has 5 heteroatoms. The second-order valence-corrected chi connectivity index (χ2v) is 4.24. The smallest absolute Gasteiger partial charge is 0.326 e. The quantitative estimate of drug-likeness (QED) is 0.849. The Balaban J connectivity index is 2.23. The van der Waals surface area contributed by atoms with Crippen molar-refractivity contribution < 1.29 is 19.1 Å². The van der Waals surface area contributed by atoms with E-state index in [2.05, 4.69) is 0 Å². The lowest BCUT2D eigenvalue weighted by molar-refractivity contribution is -0.143. The van der Waals surface area contributed by atoms with Gasteiger partial charge in [-0.2, -0.15) is 0 Å². The molecular weight excluding hydrogens is 222 g/mol. The molecule has 0 saturated carbocycles. The van der Waals surface area contributed by atoms with Gasteiger partial charge in [0.15, 0.2) is 0 Å². The second-order valence-electron chi connectivity index (χ2n) is 4.24. The molecule has 1 atom stereocenters. The number of amides is 1. The van der Waals surface area contributed by atoms with Crippen molar-refractivity contribution >= 4 is 11.9 Å². The SMILES string of the molecule is Cc1occc1C(=O)N1CCCCC1C(=O)O. The Hall–Kier alpha value is -1.78. The van der Waals surface area contributed by atoms with E-state index in [0.717, 1.165) is 12.8 Å². The topological polar surface area (TPSA) is 70.8 Å². The predicted octanol–water partition coefficient (Wildman–Crippen LogP) is 1.67. The maximum atomic E-state index is 12.2. The van der Waals surface area contributed by atoms with E-state index in [1.807, 2.05) is 0 Å². The monoisotopic (exact) mass is 237 g/mol. The van der Waals surface area contributed by atoms with E-state index in [1.54, 1.807) is 13.0 Å². The minimum Gasteiger partial charge on any atom is -0.480 e. The summed E-state index contributed by atoms with van der Waals surface area (Å²) in [5, 5.41) is 9.11. The van der Waals surface area contributed by atoms with Crippen molar-refractivity contribution in [3.05, 3.63) is 23.7 Å². The van der Waals surface area contributed by atoms with Crippen molar-refractivity contribution in [2.45, 2.75) is 32.2 Å². The molecule has 0 bridgehead atoms. The molecule has 0 radical (unpaired) electrons. The molecule has 1 amide bonds. The number of carbonyl (C=O) groups excluding carboxylic acids is 1. The zero-order valence-electron chi connectivity index (χ0n) is 9.68. The van der Waals surface area contributed by atoms with Crippen molar-refractivity contribution in [3.8, 4) is 0 Å². The zero-order chi connectivity index (χ0) is 12.4. The van der Waals surface area contributed by atoms with Gasteiger partial charge in [-0.1, -0.05) is 0 Å². The Kier molecular flexibility index (Phi) is 3.17. The van der Waals surface area contributed by atoms with Crippen LogP contribution in [0, 0.1) is 6.92 Å². The lowest BCUT2D eigenvalue weighted by Gasteiger charge is -2.32. The van der Waals surface area contributed by atoms with Crippen molar-refractivity contribution in [2.75, 3.05) is 6.54 Å². The Morgan fingerprint density at radius 3 is 2.82 bits per heavy atom. The summed E-state index contributed by atoms with van der Waals surface area (Å²) in [5.74, 6) is -0.646. The van der Waals surface area contributed by atoms with Crippen LogP contribution in [0.5, 0.6) is 0 Å². The molecule has 0 aliphatic carbocycles. The lowest BCUT2D eigenvalue weighted by Crippen LogP contribution is -2.48. The summed E-state index contributed by atoms with van der Waals surface area (Å²) in [7, 11) is 0. The zero-order valence-corrected chi connectivity index (χ0v) is 9.68. The highest BCUT2D eigenvalue weighted by molar-refractivity contribution is 5.97. The maximum Gasteiger partial charge on any atom is 0.326 e. The van der Waals surface area contributed by atoms with Gasteiger partial charge in [0, 0.05) is 6.54 Å². The van der Waals surface area contributed by atoms with E-state index >= 15 is 0 Å². The average Bonchev–Trinajstić information content (AvgIpc) is 2.74. The fourth-order valence-corrected chi connectivity index (χ4v) is 2.19. The van der Waals surface area contributed by atoms with Gasteiger partial charge in [-0.3, -0.25) is 4.79 Å². The molecule has 1 aliphatic heterocycles. The first-order valence-corrected chi connectivity index (χ1v) is 5.69. The molecule has 1 aromatic heterocycles. The summed E-state index contributed by atoms with van der Waals surface area (Å²) >= 11 is 0. The van der Waals surface area contributed by atoms with Crippen LogP contribution in [0.25, 0.3) is 0 Å². The Labute approximate surface area is 99.0 Å². The van der Waals surface area contributed by atoms with Crippen LogP contribution in [0.2, 0.25) is 0 Å². The summed E-state index contributed by atoms with van der Waals surface area (Å²) < 4.78 is 5.08. The van der Waals surface area contributed by atoms with Crippen molar-refractivity contribution in [3.63, 3.8) is 0 Å². The maximum absolute atomic E-state index is 12.2. The number of piperidine rings is 1. The standard InChI is InChI=1S/C12H15NO4/c1-8-9(5-7-17-8)11(14)13-6-3-2-4-10(13)12(15)16/h5,7,10H,2-4,6H2,1H3,(H,15,16). The van der Waals surface area contributed by atoms with Crippen LogP contribution < -0.4 is 0 Å². The van der Waals surface area contributed by atoms with Gasteiger partial charge in [0.25, 0.3) is 5.91 Å². The largest absolute Gasteiger partial charge is 0.480 e. The third kappa shape index (κ3) is 2.18.